The number of aromatic nitrogens is 2. The first-order valence-corrected chi connectivity index (χ1v) is 10.2. The van der Waals surface area contributed by atoms with Crippen molar-refractivity contribution in [2.45, 2.75) is 76.7 Å². The maximum absolute atomic E-state index is 12.6. The summed E-state index contributed by atoms with van der Waals surface area (Å²) in [7, 11) is 1.86. The molecule has 0 unspecified atom stereocenters. The van der Waals surface area contributed by atoms with Crippen LogP contribution in [-0.4, -0.2) is 47.2 Å². The lowest BCUT2D eigenvalue weighted by Gasteiger charge is -2.24. The van der Waals surface area contributed by atoms with Crippen molar-refractivity contribution in [3.8, 4) is 0 Å². The second-order valence-corrected chi connectivity index (χ2v) is 7.80. The molecule has 2 aliphatic rings. The lowest BCUT2D eigenvalue weighted by Crippen LogP contribution is -2.35. The normalized spacial score (nSPS) is 17.7. The Kier molecular flexibility index (Phi) is 6.83. The van der Waals surface area contributed by atoms with Gasteiger partial charge in [-0.05, 0) is 57.1 Å². The first-order chi connectivity index (χ1) is 12.6. The number of carbonyl (C=O) groups excluding carboxylic acids is 1. The predicted molar refractivity (Wildman–Crippen MR) is 102 cm³/mol. The fourth-order valence-electron chi connectivity index (χ4n) is 4.21. The molecule has 6 nitrogen and oxygen atoms in total. The topological polar surface area (TPSA) is 78.1 Å². The van der Waals surface area contributed by atoms with Crippen molar-refractivity contribution in [3.63, 3.8) is 0 Å². The first kappa shape index (κ1) is 19.1. The van der Waals surface area contributed by atoms with Crippen molar-refractivity contribution in [1.82, 2.24) is 20.4 Å². The third-order valence-electron chi connectivity index (χ3n) is 5.84. The largest absolute Gasteiger partial charge is 0.345 e. The van der Waals surface area contributed by atoms with E-state index in [1.807, 2.05) is 7.05 Å². The molecule has 6 heteroatoms. The molecule has 0 aromatic carbocycles. The Morgan fingerprint density at radius 2 is 1.88 bits per heavy atom. The second kappa shape index (κ2) is 9.31. The molecule has 0 radical (unpaired) electrons. The molecule has 3 rings (SSSR count). The van der Waals surface area contributed by atoms with Crippen LogP contribution in [0, 0.1) is 0 Å². The molecule has 144 valence electrons. The van der Waals surface area contributed by atoms with Crippen LogP contribution in [-0.2, 0) is 24.1 Å². The number of hydrogen-bond donors (Lipinski definition) is 2. The van der Waals surface area contributed by atoms with Crippen molar-refractivity contribution >= 4 is 5.91 Å². The van der Waals surface area contributed by atoms with E-state index in [4.69, 9.17) is 0 Å². The van der Waals surface area contributed by atoms with E-state index in [0.29, 0.717) is 6.04 Å². The Hall–Kier alpha value is -1.69. The van der Waals surface area contributed by atoms with Gasteiger partial charge in [0.05, 0.1) is 12.1 Å². The predicted octanol–water partition coefficient (Wildman–Crippen LogP) is 1.96. The van der Waals surface area contributed by atoms with Crippen LogP contribution in [0.1, 0.15) is 68.2 Å². The van der Waals surface area contributed by atoms with Crippen LogP contribution in [0.25, 0.3) is 0 Å². The van der Waals surface area contributed by atoms with Gasteiger partial charge in [-0.1, -0.05) is 19.3 Å². The lowest BCUT2D eigenvalue weighted by molar-refractivity contribution is -0.129. The average Bonchev–Trinajstić information content (AvgIpc) is 2.68. The molecule has 0 bridgehead atoms. The second-order valence-electron chi connectivity index (χ2n) is 7.80. The highest BCUT2D eigenvalue weighted by Gasteiger charge is 2.20. The molecule has 1 aromatic heterocycles. The minimum atomic E-state index is -0.0851. The third kappa shape index (κ3) is 4.93. The van der Waals surface area contributed by atoms with Crippen molar-refractivity contribution in [3.05, 3.63) is 27.2 Å². The summed E-state index contributed by atoms with van der Waals surface area (Å²) in [5.41, 5.74) is 2.53. The van der Waals surface area contributed by atoms with Gasteiger partial charge >= 0.3 is 0 Å². The number of nitrogens with one attached hydrogen (secondary N) is 2. The van der Waals surface area contributed by atoms with Crippen molar-refractivity contribution in [2.24, 2.45) is 0 Å². The fourth-order valence-corrected chi connectivity index (χ4v) is 4.21. The Morgan fingerprint density at radius 1 is 1.15 bits per heavy atom. The summed E-state index contributed by atoms with van der Waals surface area (Å²) >= 11 is 0. The molecule has 0 aliphatic heterocycles. The number of aromatic amines is 1. The van der Waals surface area contributed by atoms with Gasteiger partial charge in [-0.25, -0.2) is 5.10 Å². The van der Waals surface area contributed by atoms with E-state index in [2.05, 4.69) is 15.5 Å². The molecule has 0 atom stereocenters. The zero-order chi connectivity index (χ0) is 18.4. The minimum Gasteiger partial charge on any atom is -0.345 e. The highest BCUT2D eigenvalue weighted by atomic mass is 16.2. The zero-order valence-electron chi connectivity index (χ0n) is 16.0. The number of nitrogens with zero attached hydrogens (tertiary/aromatic N) is 2. The minimum absolute atomic E-state index is 0.0787. The van der Waals surface area contributed by atoms with E-state index in [0.717, 1.165) is 62.0 Å². The van der Waals surface area contributed by atoms with E-state index >= 15 is 0 Å². The van der Waals surface area contributed by atoms with Crippen LogP contribution in [0.15, 0.2) is 4.79 Å². The lowest BCUT2D eigenvalue weighted by atomic mass is 9.91. The van der Waals surface area contributed by atoms with E-state index in [1.54, 1.807) is 4.90 Å². The standard InChI is InChI=1S/C20H32N4O2/c1-24(13-7-12-21-15-8-3-2-4-9-15)19(25)14-18-16-10-5-6-11-17(16)20(26)23-22-18/h15,21H,2-14H2,1H3,(H,23,26). The van der Waals surface area contributed by atoms with Gasteiger partial charge in [0.25, 0.3) is 5.56 Å². The summed E-state index contributed by atoms with van der Waals surface area (Å²) in [5.74, 6) is 0.0787. The van der Waals surface area contributed by atoms with Gasteiger partial charge in [0.15, 0.2) is 0 Å². The first-order valence-electron chi connectivity index (χ1n) is 10.2. The molecule has 1 aromatic rings. The van der Waals surface area contributed by atoms with Crippen LogP contribution in [0.2, 0.25) is 0 Å². The van der Waals surface area contributed by atoms with E-state index in [1.165, 1.54) is 32.1 Å². The maximum Gasteiger partial charge on any atom is 0.267 e. The molecular formula is C20H32N4O2. The molecule has 1 fully saturated rings. The highest BCUT2D eigenvalue weighted by Crippen LogP contribution is 2.20. The quantitative estimate of drug-likeness (QED) is 0.729. The molecule has 1 saturated carbocycles. The average molecular weight is 361 g/mol. The molecule has 2 aliphatic carbocycles. The van der Waals surface area contributed by atoms with Crippen LogP contribution in [0.4, 0.5) is 0 Å². The Morgan fingerprint density at radius 3 is 2.65 bits per heavy atom. The summed E-state index contributed by atoms with van der Waals surface area (Å²) in [5, 5.41) is 10.4. The zero-order valence-corrected chi connectivity index (χ0v) is 16.0. The summed E-state index contributed by atoms with van der Waals surface area (Å²) in [6.45, 7) is 1.72. The number of likely N-dealkylation sites (N-methyl/N-ethyl adjacent to an activating group) is 1. The van der Waals surface area contributed by atoms with E-state index in [9.17, 15) is 9.59 Å². The van der Waals surface area contributed by atoms with Crippen molar-refractivity contribution in [2.75, 3.05) is 20.1 Å². The SMILES string of the molecule is CN(CCCNC1CCCCC1)C(=O)Cc1n[nH]c(=O)c2c1CCCC2. The van der Waals surface area contributed by atoms with Gasteiger partial charge in [0, 0.05) is 25.2 Å². The molecule has 2 N–H and O–H groups in total. The summed E-state index contributed by atoms with van der Waals surface area (Å²) in [4.78, 5) is 26.3. The van der Waals surface area contributed by atoms with Crippen molar-refractivity contribution in [1.29, 1.82) is 0 Å². The molecule has 0 saturated heterocycles. The van der Waals surface area contributed by atoms with E-state index in [-0.39, 0.29) is 17.9 Å². The Balaban J connectivity index is 1.46. The smallest absolute Gasteiger partial charge is 0.267 e. The van der Waals surface area contributed by atoms with Crippen molar-refractivity contribution < 1.29 is 4.79 Å². The summed E-state index contributed by atoms with van der Waals surface area (Å²) in [6, 6.07) is 0.668. The Labute approximate surface area is 155 Å². The van der Waals surface area contributed by atoms with Gasteiger partial charge < -0.3 is 10.2 Å². The van der Waals surface area contributed by atoms with Gasteiger partial charge in [-0.2, -0.15) is 5.10 Å². The number of hydrogen-bond acceptors (Lipinski definition) is 4. The number of H-pyrrole nitrogens is 1. The van der Waals surface area contributed by atoms with Crippen LogP contribution >= 0.6 is 0 Å². The molecular weight excluding hydrogens is 328 g/mol. The van der Waals surface area contributed by atoms with E-state index < -0.39 is 0 Å². The molecule has 1 amide bonds. The molecule has 26 heavy (non-hydrogen) atoms. The van der Waals surface area contributed by atoms with Gasteiger partial charge in [-0.15, -0.1) is 0 Å². The Bertz CT molecular complexity index is 664. The summed E-state index contributed by atoms with van der Waals surface area (Å²) < 4.78 is 0. The number of amides is 1. The molecule has 0 spiro atoms. The number of rotatable bonds is 7. The van der Waals surface area contributed by atoms with Crippen LogP contribution < -0.4 is 10.9 Å². The van der Waals surface area contributed by atoms with Gasteiger partial charge in [0.2, 0.25) is 5.91 Å². The number of carbonyl (C=O) groups is 1. The fraction of sp³-hybridized carbons (Fsp3) is 0.750. The van der Waals surface area contributed by atoms with Crippen LogP contribution in [0.3, 0.4) is 0 Å². The third-order valence-corrected chi connectivity index (χ3v) is 5.84. The molecule has 1 heterocycles. The van der Waals surface area contributed by atoms with Crippen LogP contribution in [0.5, 0.6) is 0 Å². The maximum atomic E-state index is 12.6. The highest BCUT2D eigenvalue weighted by molar-refractivity contribution is 5.78. The monoisotopic (exact) mass is 360 g/mol. The van der Waals surface area contributed by atoms with Gasteiger partial charge in [-0.3, -0.25) is 9.59 Å². The number of fused-ring (bicyclic) bond motifs is 1. The van der Waals surface area contributed by atoms with Gasteiger partial charge in [0.1, 0.15) is 0 Å². The summed E-state index contributed by atoms with van der Waals surface area (Å²) in [6.07, 6.45) is 11.7.